The lowest BCUT2D eigenvalue weighted by Gasteiger charge is -2.12. The van der Waals surface area contributed by atoms with Gasteiger partial charge < -0.3 is 10.1 Å². The van der Waals surface area contributed by atoms with Crippen molar-refractivity contribution in [2.24, 2.45) is 0 Å². The summed E-state index contributed by atoms with van der Waals surface area (Å²) in [6.45, 7) is 1.34. The maximum Gasteiger partial charge on any atom is 0.142 e. The zero-order valence-electron chi connectivity index (χ0n) is 10.9. The first-order chi connectivity index (χ1) is 9.72. The molecule has 104 valence electrons. The first-order valence-corrected chi connectivity index (χ1v) is 6.99. The van der Waals surface area contributed by atoms with Gasteiger partial charge in [0.1, 0.15) is 17.7 Å². The van der Waals surface area contributed by atoms with E-state index < -0.39 is 0 Å². The largest absolute Gasteiger partial charge is 0.488 e. The third kappa shape index (κ3) is 2.94. The molecule has 1 unspecified atom stereocenters. The molecule has 1 heterocycles. The fourth-order valence-corrected chi connectivity index (χ4v) is 2.51. The van der Waals surface area contributed by atoms with Crippen molar-refractivity contribution < 1.29 is 9.13 Å². The van der Waals surface area contributed by atoms with Crippen LogP contribution in [0, 0.1) is 5.82 Å². The topological polar surface area (TPSA) is 21.3 Å². The summed E-state index contributed by atoms with van der Waals surface area (Å²) < 4.78 is 19.1. The van der Waals surface area contributed by atoms with Crippen molar-refractivity contribution >= 4 is 11.6 Å². The lowest BCUT2D eigenvalue weighted by Crippen LogP contribution is -2.29. The van der Waals surface area contributed by atoms with Crippen molar-refractivity contribution in [1.29, 1.82) is 0 Å². The number of fused-ring (bicyclic) bond motifs is 1. The van der Waals surface area contributed by atoms with Crippen molar-refractivity contribution in [2.45, 2.75) is 19.1 Å². The van der Waals surface area contributed by atoms with E-state index in [1.165, 1.54) is 11.6 Å². The van der Waals surface area contributed by atoms with Crippen LogP contribution in [-0.2, 0) is 13.0 Å². The van der Waals surface area contributed by atoms with E-state index in [-0.39, 0.29) is 16.9 Å². The first kappa shape index (κ1) is 13.4. The zero-order valence-corrected chi connectivity index (χ0v) is 11.7. The minimum absolute atomic E-state index is 0.143. The predicted molar refractivity (Wildman–Crippen MR) is 77.7 cm³/mol. The molecule has 0 aromatic heterocycles. The molecule has 3 rings (SSSR count). The van der Waals surface area contributed by atoms with Crippen molar-refractivity contribution in [1.82, 2.24) is 5.32 Å². The lowest BCUT2D eigenvalue weighted by molar-refractivity contribution is 0.227. The number of para-hydroxylation sites is 1. The molecule has 0 radical (unpaired) electrons. The summed E-state index contributed by atoms with van der Waals surface area (Å²) in [5.41, 5.74) is 2.12. The Morgan fingerprint density at radius 2 is 2.10 bits per heavy atom. The van der Waals surface area contributed by atoms with Crippen LogP contribution >= 0.6 is 11.6 Å². The second-order valence-electron chi connectivity index (χ2n) is 4.93. The average molecular weight is 292 g/mol. The highest BCUT2D eigenvalue weighted by Gasteiger charge is 2.21. The summed E-state index contributed by atoms with van der Waals surface area (Å²) in [4.78, 5) is 0. The fourth-order valence-electron chi connectivity index (χ4n) is 2.39. The quantitative estimate of drug-likeness (QED) is 0.930. The zero-order chi connectivity index (χ0) is 13.9. The molecule has 0 aliphatic carbocycles. The third-order valence-corrected chi connectivity index (χ3v) is 3.71. The van der Waals surface area contributed by atoms with Gasteiger partial charge in [0.2, 0.25) is 0 Å². The molecule has 2 aromatic rings. The second kappa shape index (κ2) is 5.81. The van der Waals surface area contributed by atoms with Crippen LogP contribution in [0.4, 0.5) is 4.39 Å². The maximum absolute atomic E-state index is 13.3. The van der Waals surface area contributed by atoms with Gasteiger partial charge in [-0.1, -0.05) is 35.9 Å². The Morgan fingerprint density at radius 1 is 1.25 bits per heavy atom. The Balaban J connectivity index is 1.51. The van der Waals surface area contributed by atoms with Gasteiger partial charge >= 0.3 is 0 Å². The Kier molecular flexibility index (Phi) is 3.90. The van der Waals surface area contributed by atoms with E-state index in [0.29, 0.717) is 6.54 Å². The van der Waals surface area contributed by atoms with E-state index in [9.17, 15) is 4.39 Å². The molecule has 20 heavy (non-hydrogen) atoms. The predicted octanol–water partition coefficient (Wildman–Crippen LogP) is 3.57. The van der Waals surface area contributed by atoms with E-state index in [2.05, 4.69) is 11.4 Å². The molecule has 4 heteroatoms. The molecule has 1 atom stereocenters. The van der Waals surface area contributed by atoms with E-state index >= 15 is 0 Å². The fraction of sp³-hybridized carbons (Fsp3) is 0.250. The minimum Gasteiger partial charge on any atom is -0.488 e. The monoisotopic (exact) mass is 291 g/mol. The molecular formula is C16H15ClFNO. The van der Waals surface area contributed by atoms with Gasteiger partial charge in [-0.25, -0.2) is 4.39 Å². The molecule has 0 bridgehead atoms. The van der Waals surface area contributed by atoms with Crippen LogP contribution in [-0.4, -0.2) is 12.6 Å². The summed E-state index contributed by atoms with van der Waals surface area (Å²) in [5, 5.41) is 3.45. The normalized spacial score (nSPS) is 16.8. The number of rotatable bonds is 4. The molecule has 1 aliphatic heterocycles. The SMILES string of the molecule is Fc1cc(CNCC2Cc3ccccc3O2)ccc1Cl. The van der Waals surface area contributed by atoms with Crippen LogP contribution in [0.15, 0.2) is 42.5 Å². The number of halogens is 2. The van der Waals surface area contributed by atoms with Crippen LogP contribution < -0.4 is 10.1 Å². The lowest BCUT2D eigenvalue weighted by atomic mass is 10.1. The van der Waals surface area contributed by atoms with E-state index in [4.69, 9.17) is 16.3 Å². The smallest absolute Gasteiger partial charge is 0.142 e. The number of hydrogen-bond acceptors (Lipinski definition) is 2. The van der Waals surface area contributed by atoms with Crippen molar-refractivity contribution in [3.63, 3.8) is 0 Å². The van der Waals surface area contributed by atoms with Crippen LogP contribution in [0.1, 0.15) is 11.1 Å². The van der Waals surface area contributed by atoms with Crippen LogP contribution in [0.2, 0.25) is 5.02 Å². The van der Waals surface area contributed by atoms with Gasteiger partial charge in [0.05, 0.1) is 5.02 Å². The van der Waals surface area contributed by atoms with E-state index in [1.54, 1.807) is 6.07 Å². The minimum atomic E-state index is -0.379. The van der Waals surface area contributed by atoms with Gasteiger partial charge in [-0.05, 0) is 29.3 Å². The van der Waals surface area contributed by atoms with Gasteiger partial charge in [0.15, 0.2) is 0 Å². The Morgan fingerprint density at radius 3 is 2.90 bits per heavy atom. The first-order valence-electron chi connectivity index (χ1n) is 6.61. The summed E-state index contributed by atoms with van der Waals surface area (Å²) in [6.07, 6.45) is 1.06. The number of benzene rings is 2. The summed E-state index contributed by atoms with van der Waals surface area (Å²) in [6, 6.07) is 12.9. The molecule has 1 N–H and O–H groups in total. The van der Waals surface area contributed by atoms with Gasteiger partial charge in [0.25, 0.3) is 0 Å². The standard InChI is InChI=1S/C16H15ClFNO/c17-14-6-5-11(7-15(14)18)9-19-10-13-8-12-3-1-2-4-16(12)20-13/h1-7,13,19H,8-10H2. The third-order valence-electron chi connectivity index (χ3n) is 3.40. The van der Waals surface area contributed by atoms with Crippen LogP contribution in [0.5, 0.6) is 5.75 Å². The molecule has 0 saturated heterocycles. The maximum atomic E-state index is 13.3. The van der Waals surface area contributed by atoms with Crippen molar-refractivity contribution in [2.75, 3.05) is 6.54 Å². The van der Waals surface area contributed by atoms with Gasteiger partial charge in [-0.2, -0.15) is 0 Å². The van der Waals surface area contributed by atoms with E-state index in [0.717, 1.165) is 24.3 Å². The Hall–Kier alpha value is -1.58. The number of nitrogens with one attached hydrogen (secondary N) is 1. The molecule has 0 saturated carbocycles. The van der Waals surface area contributed by atoms with Crippen LogP contribution in [0.25, 0.3) is 0 Å². The molecule has 2 aromatic carbocycles. The second-order valence-corrected chi connectivity index (χ2v) is 5.34. The van der Waals surface area contributed by atoms with Gasteiger partial charge in [-0.3, -0.25) is 0 Å². The molecule has 1 aliphatic rings. The molecule has 2 nitrogen and oxygen atoms in total. The molecule has 0 amide bonds. The number of hydrogen-bond donors (Lipinski definition) is 1. The highest BCUT2D eigenvalue weighted by Crippen LogP contribution is 2.27. The highest BCUT2D eigenvalue weighted by atomic mass is 35.5. The van der Waals surface area contributed by atoms with Crippen LogP contribution in [0.3, 0.4) is 0 Å². The molecular weight excluding hydrogens is 277 g/mol. The van der Waals surface area contributed by atoms with Gasteiger partial charge in [0, 0.05) is 19.5 Å². The summed E-state index contributed by atoms with van der Waals surface area (Å²) in [7, 11) is 0. The average Bonchev–Trinajstić information content (AvgIpc) is 2.85. The number of ether oxygens (including phenoxy) is 1. The van der Waals surface area contributed by atoms with E-state index in [1.807, 2.05) is 24.3 Å². The highest BCUT2D eigenvalue weighted by molar-refractivity contribution is 6.30. The molecule has 0 fully saturated rings. The van der Waals surface area contributed by atoms with Crippen molar-refractivity contribution in [3.8, 4) is 5.75 Å². The summed E-state index contributed by atoms with van der Waals surface area (Å²) in [5.74, 6) is 0.590. The van der Waals surface area contributed by atoms with Crippen molar-refractivity contribution in [3.05, 3.63) is 64.4 Å². The Bertz CT molecular complexity index is 592. The molecule has 0 spiro atoms. The Labute approximate surface area is 122 Å². The van der Waals surface area contributed by atoms with Gasteiger partial charge in [-0.15, -0.1) is 0 Å². The summed E-state index contributed by atoms with van der Waals surface area (Å²) >= 11 is 5.65.